The number of carbonyl (C=O) groups excluding carboxylic acids is 1. The van der Waals surface area contributed by atoms with Crippen LogP contribution in [0.5, 0.6) is 5.75 Å². The van der Waals surface area contributed by atoms with Crippen LogP contribution in [0.15, 0.2) is 78.9 Å². The molecule has 0 atom stereocenters. The zero-order valence-electron chi connectivity index (χ0n) is 14.4. The minimum atomic E-state index is -0.824. The second-order valence-corrected chi connectivity index (χ2v) is 5.84. The van der Waals surface area contributed by atoms with Crippen molar-refractivity contribution in [3.05, 3.63) is 110 Å². The quantitative estimate of drug-likeness (QED) is 0.274. The molecule has 0 bridgehead atoms. The molecule has 0 heterocycles. The van der Waals surface area contributed by atoms with E-state index in [1.807, 2.05) is 0 Å². The van der Waals surface area contributed by atoms with Crippen LogP contribution in [0.1, 0.15) is 17.0 Å². The third kappa shape index (κ3) is 4.01. The maximum absolute atomic E-state index is 12.9. The van der Waals surface area contributed by atoms with Crippen LogP contribution in [0.3, 0.4) is 0 Å². The fourth-order valence-corrected chi connectivity index (χ4v) is 2.77. The van der Waals surface area contributed by atoms with Gasteiger partial charge in [-0.05, 0) is 17.2 Å². The molecule has 0 unspecified atom stereocenters. The number of hydrogen-bond donors (Lipinski definition) is 0. The highest BCUT2D eigenvalue weighted by Crippen LogP contribution is 2.33. The number of nitro groups is 2. The summed E-state index contributed by atoms with van der Waals surface area (Å²) in [6.07, 6.45) is 0. The van der Waals surface area contributed by atoms with Crippen LogP contribution >= 0.6 is 0 Å². The Kier molecular flexibility index (Phi) is 5.40. The van der Waals surface area contributed by atoms with Crippen molar-refractivity contribution in [2.75, 3.05) is 0 Å². The van der Waals surface area contributed by atoms with Gasteiger partial charge >= 0.3 is 11.7 Å². The molecule has 8 nitrogen and oxygen atoms in total. The summed E-state index contributed by atoms with van der Waals surface area (Å²) in [6.45, 7) is 0. The third-order valence-corrected chi connectivity index (χ3v) is 4.06. The van der Waals surface area contributed by atoms with Crippen molar-refractivity contribution in [1.29, 1.82) is 0 Å². The molecule has 0 radical (unpaired) electrons. The van der Waals surface area contributed by atoms with Gasteiger partial charge in [-0.2, -0.15) is 0 Å². The Morgan fingerprint density at radius 3 is 1.79 bits per heavy atom. The number of nitro benzene ring substituents is 2. The van der Waals surface area contributed by atoms with Crippen molar-refractivity contribution in [3.63, 3.8) is 0 Å². The summed E-state index contributed by atoms with van der Waals surface area (Å²) in [7, 11) is 0. The molecule has 0 aromatic heterocycles. The predicted octanol–water partition coefficient (Wildman–Crippen LogP) is 4.24. The lowest BCUT2D eigenvalue weighted by molar-refractivity contribution is -0.394. The second kappa shape index (κ2) is 8.09. The minimum absolute atomic E-state index is 0.350. The smallest absolute Gasteiger partial charge is 0.323 e. The average molecular weight is 378 g/mol. The summed E-state index contributed by atoms with van der Waals surface area (Å²) < 4.78 is 5.31. The van der Waals surface area contributed by atoms with Gasteiger partial charge in [0.15, 0.2) is 0 Å². The first-order valence-corrected chi connectivity index (χ1v) is 8.22. The molecule has 140 valence electrons. The fourth-order valence-electron chi connectivity index (χ4n) is 2.77. The molecule has 8 heteroatoms. The lowest BCUT2D eigenvalue weighted by atomic mass is 9.91. The van der Waals surface area contributed by atoms with Crippen LogP contribution in [-0.4, -0.2) is 15.8 Å². The van der Waals surface area contributed by atoms with Gasteiger partial charge in [0.05, 0.1) is 15.9 Å². The van der Waals surface area contributed by atoms with Crippen molar-refractivity contribution in [2.24, 2.45) is 0 Å². The molecule has 3 aromatic rings. The van der Waals surface area contributed by atoms with Crippen LogP contribution < -0.4 is 4.74 Å². The first-order chi connectivity index (χ1) is 13.5. The van der Waals surface area contributed by atoms with Gasteiger partial charge in [0, 0.05) is 6.07 Å². The first kappa shape index (κ1) is 18.7. The number of carbonyl (C=O) groups is 1. The van der Waals surface area contributed by atoms with E-state index in [2.05, 4.69) is 0 Å². The molecule has 0 amide bonds. The number of nitrogens with zero attached hydrogens (tertiary/aromatic N) is 2. The van der Waals surface area contributed by atoms with Gasteiger partial charge in [-0.1, -0.05) is 60.7 Å². The molecule has 0 aliphatic heterocycles. The van der Waals surface area contributed by atoms with Crippen molar-refractivity contribution < 1.29 is 19.4 Å². The van der Waals surface area contributed by atoms with Gasteiger partial charge in [-0.15, -0.1) is 0 Å². The van der Waals surface area contributed by atoms with Crippen molar-refractivity contribution in [3.8, 4) is 5.75 Å². The van der Waals surface area contributed by atoms with Crippen LogP contribution in [-0.2, 0) is 4.79 Å². The minimum Gasteiger partial charge on any atom is -0.418 e. The zero-order valence-corrected chi connectivity index (χ0v) is 14.4. The molecule has 0 fully saturated rings. The van der Waals surface area contributed by atoms with E-state index in [9.17, 15) is 25.0 Å². The van der Waals surface area contributed by atoms with Crippen LogP contribution in [0.4, 0.5) is 11.4 Å². The van der Waals surface area contributed by atoms with Gasteiger partial charge in [0.25, 0.3) is 5.69 Å². The van der Waals surface area contributed by atoms with Gasteiger partial charge < -0.3 is 4.74 Å². The van der Waals surface area contributed by atoms with Crippen molar-refractivity contribution >= 4 is 17.3 Å². The number of esters is 1. The Morgan fingerprint density at radius 2 is 1.32 bits per heavy atom. The molecule has 0 saturated carbocycles. The number of benzene rings is 3. The molecule has 0 aliphatic carbocycles. The topological polar surface area (TPSA) is 113 Å². The Hall–Kier alpha value is -4.07. The Labute approximate surface area is 159 Å². The average Bonchev–Trinajstić information content (AvgIpc) is 2.69. The summed E-state index contributed by atoms with van der Waals surface area (Å²) in [4.78, 5) is 33.5. The molecule has 0 aliphatic rings. The maximum atomic E-state index is 12.9. The van der Waals surface area contributed by atoms with E-state index in [1.165, 1.54) is 0 Å². The normalized spacial score (nSPS) is 10.5. The summed E-state index contributed by atoms with van der Waals surface area (Å²) in [5.74, 6) is -1.89. The molecule has 3 aromatic carbocycles. The molecule has 28 heavy (non-hydrogen) atoms. The fraction of sp³-hybridized carbons (Fsp3) is 0.0500. The first-order valence-electron chi connectivity index (χ1n) is 8.22. The molecule has 0 spiro atoms. The Bertz CT molecular complexity index is 982. The highest BCUT2D eigenvalue weighted by atomic mass is 16.6. The van der Waals surface area contributed by atoms with E-state index in [1.54, 1.807) is 60.7 Å². The van der Waals surface area contributed by atoms with Crippen LogP contribution in [0, 0.1) is 20.2 Å². The summed E-state index contributed by atoms with van der Waals surface area (Å²) >= 11 is 0. The molecular formula is C20H14N2O6. The van der Waals surface area contributed by atoms with E-state index in [0.29, 0.717) is 11.1 Å². The second-order valence-electron chi connectivity index (χ2n) is 5.84. The summed E-state index contributed by atoms with van der Waals surface area (Å²) in [5.41, 5.74) is 0.197. The van der Waals surface area contributed by atoms with E-state index < -0.39 is 33.1 Å². The van der Waals surface area contributed by atoms with E-state index in [0.717, 1.165) is 18.2 Å². The summed E-state index contributed by atoms with van der Waals surface area (Å²) in [5, 5.41) is 22.1. The predicted molar refractivity (Wildman–Crippen MR) is 100 cm³/mol. The largest absolute Gasteiger partial charge is 0.418 e. The van der Waals surface area contributed by atoms with E-state index >= 15 is 0 Å². The van der Waals surface area contributed by atoms with Crippen LogP contribution in [0.2, 0.25) is 0 Å². The maximum Gasteiger partial charge on any atom is 0.323 e. The SMILES string of the molecule is O=C(Oc1ccc([N+](=O)[O-])cc1[N+](=O)[O-])C(c1ccccc1)c1ccccc1. The highest BCUT2D eigenvalue weighted by Gasteiger charge is 2.28. The van der Waals surface area contributed by atoms with Crippen molar-refractivity contribution in [2.45, 2.75) is 5.92 Å². The third-order valence-electron chi connectivity index (χ3n) is 4.06. The number of non-ortho nitro benzene ring substituents is 1. The summed E-state index contributed by atoms with van der Waals surface area (Å²) in [6, 6.07) is 20.6. The van der Waals surface area contributed by atoms with Gasteiger partial charge in [0.2, 0.25) is 5.75 Å². The van der Waals surface area contributed by atoms with Crippen LogP contribution in [0.25, 0.3) is 0 Å². The Morgan fingerprint density at radius 1 is 0.786 bits per heavy atom. The van der Waals surface area contributed by atoms with E-state index in [4.69, 9.17) is 4.74 Å². The van der Waals surface area contributed by atoms with Gasteiger partial charge in [-0.3, -0.25) is 25.0 Å². The standard InChI is InChI=1S/C20H14N2O6/c23-20(28-18-12-11-16(21(24)25)13-17(18)22(26)27)19(14-7-3-1-4-8-14)15-9-5-2-6-10-15/h1-13,19H. The van der Waals surface area contributed by atoms with Gasteiger partial charge in [-0.25, -0.2) is 0 Å². The highest BCUT2D eigenvalue weighted by molar-refractivity contribution is 5.85. The molecule has 0 saturated heterocycles. The lowest BCUT2D eigenvalue weighted by Gasteiger charge is -2.16. The monoisotopic (exact) mass is 378 g/mol. The molecule has 3 rings (SSSR count). The number of ether oxygens (including phenoxy) is 1. The lowest BCUT2D eigenvalue weighted by Crippen LogP contribution is -2.20. The Balaban J connectivity index is 1.99. The molecular weight excluding hydrogens is 364 g/mol. The zero-order chi connectivity index (χ0) is 20.1. The molecule has 0 N–H and O–H groups in total. The van der Waals surface area contributed by atoms with Gasteiger partial charge in [0.1, 0.15) is 5.92 Å². The van der Waals surface area contributed by atoms with Crippen molar-refractivity contribution in [1.82, 2.24) is 0 Å². The van der Waals surface area contributed by atoms with E-state index in [-0.39, 0.29) is 5.75 Å². The number of rotatable bonds is 6. The number of hydrogen-bond acceptors (Lipinski definition) is 6.